The largest absolute Gasteiger partial charge is 0.381 e. The molecule has 1 aromatic carbocycles. The van der Waals surface area contributed by atoms with Crippen molar-refractivity contribution in [2.45, 2.75) is 38.8 Å². The fraction of sp³-hybridized carbons (Fsp3) is 0.320. The van der Waals surface area contributed by atoms with Gasteiger partial charge in [-0.15, -0.1) is 0 Å². The van der Waals surface area contributed by atoms with Crippen molar-refractivity contribution in [3.63, 3.8) is 0 Å². The van der Waals surface area contributed by atoms with E-state index < -0.39 is 0 Å². The number of anilines is 1. The van der Waals surface area contributed by atoms with Crippen LogP contribution in [-0.4, -0.2) is 33.8 Å². The SMILES string of the molecule is Cc1c(Cn2ccc(-c3ccnc(NC4CCOCC4)n3)cc2=O)ccc2c1C=CC2. The molecule has 2 aliphatic rings. The standard InChI is InChI=1S/C25H26N4O2/c1-17-20(6-5-18-3-2-4-22(17)18)16-29-12-8-19(15-24(29)30)23-7-11-26-25(28-23)27-21-9-13-31-14-10-21/h2,4-8,11-12,15,21H,3,9-10,13-14,16H2,1H3,(H,26,27,28). The van der Waals surface area contributed by atoms with E-state index in [4.69, 9.17) is 4.74 Å². The summed E-state index contributed by atoms with van der Waals surface area (Å²) < 4.78 is 7.15. The Morgan fingerprint density at radius 2 is 2.06 bits per heavy atom. The van der Waals surface area contributed by atoms with Crippen LogP contribution in [0.2, 0.25) is 0 Å². The molecule has 2 aromatic heterocycles. The van der Waals surface area contributed by atoms with Crippen molar-refractivity contribution >= 4 is 12.0 Å². The van der Waals surface area contributed by atoms with Crippen LogP contribution in [0.4, 0.5) is 5.95 Å². The van der Waals surface area contributed by atoms with Crippen LogP contribution in [0.3, 0.4) is 0 Å². The predicted molar refractivity (Wildman–Crippen MR) is 122 cm³/mol. The Labute approximate surface area is 181 Å². The van der Waals surface area contributed by atoms with E-state index in [1.54, 1.807) is 16.8 Å². The molecule has 1 aliphatic carbocycles. The molecule has 6 heteroatoms. The normalized spacial score (nSPS) is 15.8. The number of hydrogen-bond acceptors (Lipinski definition) is 5. The van der Waals surface area contributed by atoms with Gasteiger partial charge in [-0.05, 0) is 60.6 Å². The fourth-order valence-electron chi connectivity index (χ4n) is 4.31. The Balaban J connectivity index is 1.36. The smallest absolute Gasteiger partial charge is 0.251 e. The molecule has 0 amide bonds. The van der Waals surface area contributed by atoms with Gasteiger partial charge >= 0.3 is 0 Å². The first kappa shape index (κ1) is 19.7. The van der Waals surface area contributed by atoms with Crippen molar-refractivity contribution in [2.24, 2.45) is 0 Å². The fourth-order valence-corrected chi connectivity index (χ4v) is 4.31. The molecule has 0 atom stereocenters. The molecule has 158 valence electrons. The predicted octanol–water partition coefficient (Wildman–Crippen LogP) is 3.82. The molecule has 1 fully saturated rings. The van der Waals surface area contributed by atoms with Gasteiger partial charge in [0.25, 0.3) is 5.56 Å². The molecule has 0 saturated carbocycles. The van der Waals surface area contributed by atoms with Gasteiger partial charge in [-0.3, -0.25) is 4.79 Å². The topological polar surface area (TPSA) is 69.0 Å². The maximum absolute atomic E-state index is 12.8. The summed E-state index contributed by atoms with van der Waals surface area (Å²) in [5, 5.41) is 3.39. The summed E-state index contributed by atoms with van der Waals surface area (Å²) in [7, 11) is 0. The third-order valence-electron chi connectivity index (χ3n) is 6.18. The number of pyridine rings is 1. The maximum Gasteiger partial charge on any atom is 0.251 e. The van der Waals surface area contributed by atoms with Crippen molar-refractivity contribution in [2.75, 3.05) is 18.5 Å². The second-order valence-corrected chi connectivity index (χ2v) is 8.21. The first-order valence-corrected chi connectivity index (χ1v) is 10.8. The molecule has 0 spiro atoms. The van der Waals surface area contributed by atoms with Crippen LogP contribution in [0.25, 0.3) is 17.3 Å². The zero-order chi connectivity index (χ0) is 21.2. The molecule has 1 aliphatic heterocycles. The molecule has 1 saturated heterocycles. The second kappa shape index (κ2) is 8.47. The number of aromatic nitrogens is 3. The monoisotopic (exact) mass is 414 g/mol. The van der Waals surface area contributed by atoms with Gasteiger partial charge in [0.2, 0.25) is 5.95 Å². The minimum absolute atomic E-state index is 0.0366. The third-order valence-corrected chi connectivity index (χ3v) is 6.18. The van der Waals surface area contributed by atoms with Crippen LogP contribution < -0.4 is 10.9 Å². The lowest BCUT2D eigenvalue weighted by Crippen LogP contribution is -2.28. The molecule has 6 nitrogen and oxygen atoms in total. The van der Waals surface area contributed by atoms with E-state index in [0.29, 0.717) is 18.5 Å². The molecule has 1 N–H and O–H groups in total. The van der Waals surface area contributed by atoms with Crippen LogP contribution in [-0.2, 0) is 17.7 Å². The molecule has 31 heavy (non-hydrogen) atoms. The summed E-state index contributed by atoms with van der Waals surface area (Å²) in [6.07, 6.45) is 10.8. The second-order valence-electron chi connectivity index (χ2n) is 8.21. The lowest BCUT2D eigenvalue weighted by Gasteiger charge is -2.23. The van der Waals surface area contributed by atoms with Gasteiger partial charge < -0.3 is 14.6 Å². The lowest BCUT2D eigenvalue weighted by atomic mass is 9.99. The van der Waals surface area contributed by atoms with E-state index in [0.717, 1.165) is 43.7 Å². The third kappa shape index (κ3) is 4.16. The number of ether oxygens (including phenoxy) is 1. The summed E-state index contributed by atoms with van der Waals surface area (Å²) >= 11 is 0. The van der Waals surface area contributed by atoms with E-state index in [-0.39, 0.29) is 5.56 Å². The van der Waals surface area contributed by atoms with Gasteiger partial charge in [-0.2, -0.15) is 0 Å². The molecule has 0 bridgehead atoms. The summed E-state index contributed by atoms with van der Waals surface area (Å²) in [4.78, 5) is 21.8. The zero-order valence-electron chi connectivity index (χ0n) is 17.7. The number of nitrogens with zero attached hydrogens (tertiary/aromatic N) is 3. The van der Waals surface area contributed by atoms with Gasteiger partial charge in [0.1, 0.15) is 0 Å². The Kier molecular flexibility index (Phi) is 5.38. The van der Waals surface area contributed by atoms with Gasteiger partial charge in [-0.25, -0.2) is 9.97 Å². The first-order chi connectivity index (χ1) is 15.2. The van der Waals surface area contributed by atoms with Gasteiger partial charge in [0.15, 0.2) is 0 Å². The van der Waals surface area contributed by atoms with Crippen LogP contribution in [0.15, 0.2) is 53.6 Å². The lowest BCUT2D eigenvalue weighted by molar-refractivity contribution is 0.0903. The Morgan fingerprint density at radius 1 is 1.19 bits per heavy atom. The van der Waals surface area contributed by atoms with E-state index >= 15 is 0 Å². The summed E-state index contributed by atoms with van der Waals surface area (Å²) in [6.45, 7) is 4.22. The molecule has 3 heterocycles. The van der Waals surface area contributed by atoms with Crippen molar-refractivity contribution in [3.05, 3.63) is 81.4 Å². The Morgan fingerprint density at radius 3 is 2.90 bits per heavy atom. The Hall–Kier alpha value is -3.25. The number of allylic oxidation sites excluding steroid dienone is 1. The highest BCUT2D eigenvalue weighted by Gasteiger charge is 2.15. The van der Waals surface area contributed by atoms with E-state index in [2.05, 4.69) is 46.5 Å². The average Bonchev–Trinajstić information content (AvgIpc) is 3.27. The molecule has 0 unspecified atom stereocenters. The zero-order valence-corrected chi connectivity index (χ0v) is 17.7. The summed E-state index contributed by atoms with van der Waals surface area (Å²) in [5.74, 6) is 0.593. The van der Waals surface area contributed by atoms with Crippen LogP contribution >= 0.6 is 0 Å². The van der Waals surface area contributed by atoms with Crippen molar-refractivity contribution in [3.8, 4) is 11.3 Å². The number of rotatable bonds is 5. The highest BCUT2D eigenvalue weighted by Crippen LogP contribution is 2.26. The number of fused-ring (bicyclic) bond motifs is 1. The first-order valence-electron chi connectivity index (χ1n) is 10.8. The van der Waals surface area contributed by atoms with E-state index in [1.807, 2.05) is 18.3 Å². The van der Waals surface area contributed by atoms with Crippen LogP contribution in [0.1, 0.15) is 35.1 Å². The molecule has 5 rings (SSSR count). The van der Waals surface area contributed by atoms with E-state index in [1.165, 1.54) is 22.3 Å². The number of nitrogens with one attached hydrogen (secondary N) is 1. The van der Waals surface area contributed by atoms with Gasteiger partial charge in [-0.1, -0.05) is 24.3 Å². The molecule has 0 radical (unpaired) electrons. The van der Waals surface area contributed by atoms with Gasteiger partial charge in [0.05, 0.1) is 12.2 Å². The number of hydrogen-bond donors (Lipinski definition) is 1. The molecule has 3 aromatic rings. The minimum atomic E-state index is -0.0366. The molecular formula is C25H26N4O2. The van der Waals surface area contributed by atoms with Crippen molar-refractivity contribution in [1.82, 2.24) is 14.5 Å². The quantitative estimate of drug-likeness (QED) is 0.687. The summed E-state index contributed by atoms with van der Waals surface area (Å²) in [5.41, 5.74) is 6.59. The van der Waals surface area contributed by atoms with Crippen molar-refractivity contribution < 1.29 is 4.74 Å². The average molecular weight is 415 g/mol. The van der Waals surface area contributed by atoms with Crippen LogP contribution in [0, 0.1) is 6.92 Å². The Bertz CT molecular complexity index is 1190. The van der Waals surface area contributed by atoms with Crippen molar-refractivity contribution in [1.29, 1.82) is 0 Å². The van der Waals surface area contributed by atoms with Gasteiger partial charge in [0, 0.05) is 43.3 Å². The maximum atomic E-state index is 12.8. The highest BCUT2D eigenvalue weighted by atomic mass is 16.5. The highest BCUT2D eigenvalue weighted by molar-refractivity contribution is 5.64. The van der Waals surface area contributed by atoms with Crippen LogP contribution in [0.5, 0.6) is 0 Å². The van der Waals surface area contributed by atoms with E-state index in [9.17, 15) is 4.79 Å². The molecular weight excluding hydrogens is 388 g/mol. The summed E-state index contributed by atoms with van der Waals surface area (Å²) in [6, 6.07) is 10.1. The minimum Gasteiger partial charge on any atom is -0.381 e. The number of benzene rings is 1.